The third-order valence-corrected chi connectivity index (χ3v) is 102. The molecule has 150 valence electrons. The molecule has 1 aliphatic carbocycles. The molecular weight excluding hydrogens is 409 g/mol. The van der Waals surface area contributed by atoms with Gasteiger partial charge in [-0.3, -0.25) is 0 Å². The quantitative estimate of drug-likeness (QED) is 0.292. The lowest BCUT2D eigenvalue weighted by Crippen LogP contribution is -3.01. The van der Waals surface area contributed by atoms with Crippen molar-refractivity contribution in [2.45, 2.75) is 107 Å². The van der Waals surface area contributed by atoms with Crippen LogP contribution in [0.1, 0.15) is 19.3 Å². The molecule has 6 heteroatoms. The Bertz CT molecular complexity index is 571. The zero-order valence-corrected chi connectivity index (χ0v) is 25.9. The fraction of sp³-hybridized carbons (Fsp3) is 0.900. The van der Waals surface area contributed by atoms with E-state index >= 15 is 0 Å². The van der Waals surface area contributed by atoms with E-state index in [4.69, 9.17) is 0 Å². The van der Waals surface area contributed by atoms with Gasteiger partial charge in [-0.25, -0.2) is 0 Å². The van der Waals surface area contributed by atoms with Crippen molar-refractivity contribution < 1.29 is 0 Å². The molecule has 0 aromatic rings. The molecule has 0 amide bonds. The van der Waals surface area contributed by atoms with Crippen molar-refractivity contribution in [2.24, 2.45) is 5.92 Å². The minimum Gasteiger partial charge on any atom is -0.0883 e. The van der Waals surface area contributed by atoms with Crippen molar-refractivity contribution in [1.29, 1.82) is 0 Å². The Balaban J connectivity index is 2.50. The number of fused-ring (bicyclic) bond motifs is 3. The molecule has 4 aliphatic rings. The van der Waals surface area contributed by atoms with Crippen LogP contribution in [0.5, 0.6) is 0 Å². The lowest BCUT2D eigenvalue weighted by atomic mass is 9.97. The minimum absolute atomic E-state index is 0.861. The van der Waals surface area contributed by atoms with Crippen LogP contribution in [-0.4, -0.2) is 45.5 Å². The summed E-state index contributed by atoms with van der Waals surface area (Å²) in [5, 5.41) is 0. The summed E-state index contributed by atoms with van der Waals surface area (Å²) in [5.41, 5.74) is 0. The van der Waals surface area contributed by atoms with E-state index in [0.717, 1.165) is 10.2 Å². The molecule has 3 aliphatic heterocycles. The molecule has 2 bridgehead atoms. The summed E-state index contributed by atoms with van der Waals surface area (Å²) in [6.07, 6.45) is 9.78. The maximum atomic E-state index is 2.95. The van der Waals surface area contributed by atoms with Crippen molar-refractivity contribution in [3.8, 4) is 0 Å². The molecule has 1 atom stereocenters. The van der Waals surface area contributed by atoms with E-state index in [1.807, 2.05) is 0 Å². The van der Waals surface area contributed by atoms with Crippen LogP contribution in [0.25, 0.3) is 0 Å². The van der Waals surface area contributed by atoms with Gasteiger partial charge in [0.25, 0.3) is 0 Å². The van der Waals surface area contributed by atoms with Crippen molar-refractivity contribution in [1.82, 2.24) is 0 Å². The van der Waals surface area contributed by atoms with Gasteiger partial charge in [-0.2, -0.15) is 0 Å². The summed E-state index contributed by atoms with van der Waals surface area (Å²) < 4.78 is 0.861. The summed E-state index contributed by atoms with van der Waals surface area (Å²) in [5.74, 6) is 0.966. The van der Waals surface area contributed by atoms with Gasteiger partial charge >= 0.3 is 0 Å². The highest BCUT2D eigenvalue weighted by molar-refractivity contribution is 7.76. The van der Waals surface area contributed by atoms with Crippen molar-refractivity contribution in [3.63, 3.8) is 0 Å². The maximum absolute atomic E-state index is 2.95. The fourth-order valence-electron chi connectivity index (χ4n) is 10.2. The number of hydrogen-bond acceptors (Lipinski definition) is 0. The van der Waals surface area contributed by atoms with E-state index < -0.39 is 45.5 Å². The fourth-order valence-corrected chi connectivity index (χ4v) is 157. The average molecular weight is 455 g/mol. The third-order valence-electron chi connectivity index (χ3n) is 11.8. The molecule has 0 nitrogen and oxygen atoms in total. The summed E-state index contributed by atoms with van der Waals surface area (Å²) >= 11 is 0. The Morgan fingerprint density at radius 1 is 0.654 bits per heavy atom. The van der Waals surface area contributed by atoms with Gasteiger partial charge in [0.05, 0.1) is 0 Å². The first kappa shape index (κ1) is 21.7. The summed E-state index contributed by atoms with van der Waals surface area (Å²) in [6, 6.07) is 0. The van der Waals surface area contributed by atoms with Gasteiger partial charge in [-0.05, 0) is 29.5 Å². The van der Waals surface area contributed by atoms with Gasteiger partial charge in [0.1, 0.15) is 0 Å². The Kier molecular flexibility index (Phi) is 4.68. The first-order valence-electron chi connectivity index (χ1n) is 11.1. The Hall–Kier alpha value is 1.04. The van der Waals surface area contributed by atoms with E-state index in [1.54, 1.807) is 0 Å². The normalized spacial score (nSPS) is 43.2. The molecule has 3 fully saturated rings. The molecule has 0 saturated carbocycles. The highest BCUT2D eigenvalue weighted by Crippen LogP contribution is 2.77. The van der Waals surface area contributed by atoms with Gasteiger partial charge in [0.2, 0.25) is 0 Å². The molecule has 1 unspecified atom stereocenters. The number of rotatable bonds is 1. The highest BCUT2D eigenvalue weighted by atomic mass is 29.4. The van der Waals surface area contributed by atoms with Crippen LogP contribution in [0.4, 0.5) is 0 Å². The van der Waals surface area contributed by atoms with Crippen LogP contribution in [0.3, 0.4) is 0 Å². The van der Waals surface area contributed by atoms with Crippen molar-refractivity contribution in [3.05, 3.63) is 12.2 Å². The average Bonchev–Trinajstić information content (AvgIpc) is 2.44. The Morgan fingerprint density at radius 2 is 1.04 bits per heavy atom. The largest absolute Gasteiger partial charge is 0.0883 e. The monoisotopic (exact) mass is 454 g/mol. The second kappa shape index (κ2) is 5.59. The van der Waals surface area contributed by atoms with E-state index in [1.165, 1.54) is 24.1 Å². The molecule has 0 spiro atoms. The molecule has 0 N–H and O–H groups in total. The first-order valence-corrected chi connectivity index (χ1v) is 32.4. The van der Waals surface area contributed by atoms with Crippen molar-refractivity contribution in [2.75, 3.05) is 0 Å². The van der Waals surface area contributed by atoms with E-state index in [9.17, 15) is 0 Å². The molecule has 3 heterocycles. The molecular formula is C20H46Si6. The lowest BCUT2D eigenvalue weighted by molar-refractivity contribution is 0.518. The van der Waals surface area contributed by atoms with E-state index in [-0.39, 0.29) is 0 Å². The van der Waals surface area contributed by atoms with Crippen LogP contribution < -0.4 is 0 Å². The zero-order chi connectivity index (χ0) is 20.2. The molecule has 4 rings (SSSR count). The topological polar surface area (TPSA) is 0 Å². The Morgan fingerprint density at radius 3 is 1.35 bits per heavy atom. The second-order valence-electron chi connectivity index (χ2n) is 13.2. The van der Waals surface area contributed by atoms with Gasteiger partial charge < -0.3 is 0 Å². The number of hydrogen-bond donors (Lipinski definition) is 0. The van der Waals surface area contributed by atoms with Crippen LogP contribution in [0.15, 0.2) is 12.2 Å². The van der Waals surface area contributed by atoms with Gasteiger partial charge in [-0.15, -0.1) is 0 Å². The van der Waals surface area contributed by atoms with E-state index in [0.29, 0.717) is 0 Å². The molecule has 0 aromatic carbocycles. The number of allylic oxidation sites excluding steroid dienone is 2. The summed E-state index contributed by atoms with van der Waals surface area (Å²) in [4.78, 5) is 1.29. The second-order valence-corrected chi connectivity index (χ2v) is 63.5. The van der Waals surface area contributed by atoms with Gasteiger partial charge in [0.15, 0.2) is 0 Å². The standard InChI is InChI=1S/C20H46Si6/c1-21(2)19-22(3,4)25(9,10)20(24(21,7)8,18-16-14-13-15-17-18)26(11,12)23(19,5)6/h14,16,18-19H,13,15,17H2,1-12H3. The van der Waals surface area contributed by atoms with E-state index in [2.05, 4.69) is 90.7 Å². The molecule has 26 heavy (non-hydrogen) atoms. The molecule has 3 saturated heterocycles. The highest BCUT2D eigenvalue weighted by Gasteiger charge is 2.87. The summed E-state index contributed by atoms with van der Waals surface area (Å²) in [7, 11) is -7.52. The van der Waals surface area contributed by atoms with Gasteiger partial charge in [-0.1, -0.05) is 95.5 Å². The minimum atomic E-state index is -1.30. The van der Waals surface area contributed by atoms with Crippen LogP contribution in [0.2, 0.25) is 87.6 Å². The zero-order valence-electron chi connectivity index (χ0n) is 19.9. The molecule has 0 radical (unpaired) electrons. The molecule has 0 aromatic heterocycles. The maximum Gasteiger partial charge on any atom is 0.0421 e. The third kappa shape index (κ3) is 1.91. The van der Waals surface area contributed by atoms with Crippen LogP contribution >= 0.6 is 0 Å². The van der Waals surface area contributed by atoms with Crippen LogP contribution in [-0.2, 0) is 0 Å². The first-order chi connectivity index (χ1) is 11.5. The lowest BCUT2D eigenvalue weighted by Gasteiger charge is -2.86. The predicted octanol–water partition coefficient (Wildman–Crippen LogP) is 7.12. The Labute approximate surface area is 170 Å². The van der Waals surface area contributed by atoms with Gasteiger partial charge in [0, 0.05) is 45.5 Å². The predicted molar refractivity (Wildman–Crippen MR) is 138 cm³/mol. The smallest absolute Gasteiger partial charge is 0.0421 e. The van der Waals surface area contributed by atoms with Crippen molar-refractivity contribution >= 4 is 45.5 Å². The summed E-state index contributed by atoms with van der Waals surface area (Å²) in [6.45, 7) is 35.2. The van der Waals surface area contributed by atoms with Crippen LogP contribution in [0, 0.1) is 5.92 Å². The SMILES string of the molecule is C[Si]1(C)C2[Si](C)(C)[Si](C)(C)C(C3C=CCCC3)([Si]1(C)C)[Si](C)(C)[Si]2(C)C.